The van der Waals surface area contributed by atoms with E-state index in [9.17, 15) is 0 Å². The van der Waals surface area contributed by atoms with Gasteiger partial charge in [-0.15, -0.1) is 0 Å². The molecule has 0 radical (unpaired) electrons. The van der Waals surface area contributed by atoms with Crippen molar-refractivity contribution in [2.24, 2.45) is 0 Å². The molecule has 8 aromatic rings. The van der Waals surface area contributed by atoms with E-state index < -0.39 is 0 Å². The maximum atomic E-state index is 4.99. The minimum absolute atomic E-state index is 0.115. The van der Waals surface area contributed by atoms with Gasteiger partial charge in [0.2, 0.25) is 0 Å². The first-order valence-corrected chi connectivity index (χ1v) is 16.1. The molecule has 7 aromatic carbocycles. The fourth-order valence-electron chi connectivity index (χ4n) is 7.99. The van der Waals surface area contributed by atoms with Crippen LogP contribution in [-0.4, -0.2) is 9.55 Å². The predicted octanol–water partition coefficient (Wildman–Crippen LogP) is 11.4. The average Bonchev–Trinajstić information content (AvgIpc) is 3.55. The molecule has 2 nitrogen and oxygen atoms in total. The summed E-state index contributed by atoms with van der Waals surface area (Å²) in [6, 6.07) is 47.2. The van der Waals surface area contributed by atoms with Crippen LogP contribution in [0.4, 0.5) is 0 Å². The van der Waals surface area contributed by atoms with Gasteiger partial charge in [0, 0.05) is 17.5 Å². The summed E-state index contributed by atoms with van der Waals surface area (Å²) < 4.78 is 2.34. The smallest absolute Gasteiger partial charge is 0.114 e. The Balaban J connectivity index is 1.21. The number of nitrogens with zero attached hydrogens (tertiary/aromatic N) is 2. The molecule has 45 heavy (non-hydrogen) atoms. The van der Waals surface area contributed by atoms with Crippen LogP contribution in [-0.2, 0) is 11.8 Å². The Morgan fingerprint density at radius 3 is 2.16 bits per heavy atom. The van der Waals surface area contributed by atoms with Gasteiger partial charge in [0.25, 0.3) is 0 Å². The summed E-state index contributed by atoms with van der Waals surface area (Å²) in [5, 5.41) is 7.95. The Labute approximate surface area is 263 Å². The lowest BCUT2D eigenvalue weighted by molar-refractivity contribution is 0.667. The van der Waals surface area contributed by atoms with Crippen LogP contribution in [0.3, 0.4) is 0 Å². The van der Waals surface area contributed by atoms with Crippen molar-refractivity contribution < 1.29 is 0 Å². The topological polar surface area (TPSA) is 17.8 Å². The highest BCUT2D eigenvalue weighted by Crippen LogP contribution is 2.55. The maximum absolute atomic E-state index is 4.99. The highest BCUT2D eigenvalue weighted by molar-refractivity contribution is 6.19. The third-order valence-corrected chi connectivity index (χ3v) is 10.0. The Morgan fingerprint density at radius 1 is 0.622 bits per heavy atom. The molecule has 1 aliphatic rings. The van der Waals surface area contributed by atoms with Gasteiger partial charge in [-0.05, 0) is 115 Å². The van der Waals surface area contributed by atoms with Crippen molar-refractivity contribution in [3.05, 3.63) is 144 Å². The van der Waals surface area contributed by atoms with Crippen molar-refractivity contribution in [2.75, 3.05) is 0 Å². The molecule has 1 heterocycles. The summed E-state index contributed by atoms with van der Waals surface area (Å²) in [6.45, 7) is 7.03. The van der Waals surface area contributed by atoms with Crippen molar-refractivity contribution in [3.8, 4) is 27.9 Å². The fraction of sp³-hybridized carbons (Fsp3) is 0.140. The van der Waals surface area contributed by atoms with E-state index in [4.69, 9.17) is 4.98 Å². The van der Waals surface area contributed by atoms with Gasteiger partial charge in [0.1, 0.15) is 5.82 Å². The van der Waals surface area contributed by atoms with Crippen molar-refractivity contribution >= 4 is 43.4 Å². The second-order valence-electron chi connectivity index (χ2n) is 13.1. The Bertz CT molecular complexity index is 2480. The molecule has 9 rings (SSSR count). The minimum atomic E-state index is -0.115. The zero-order chi connectivity index (χ0) is 30.3. The number of hydrogen-bond donors (Lipinski definition) is 0. The molecule has 0 saturated carbocycles. The van der Waals surface area contributed by atoms with E-state index in [-0.39, 0.29) is 5.41 Å². The number of aromatic nitrogens is 2. The van der Waals surface area contributed by atoms with E-state index in [0.29, 0.717) is 0 Å². The van der Waals surface area contributed by atoms with Crippen LogP contribution < -0.4 is 0 Å². The van der Waals surface area contributed by atoms with Crippen LogP contribution in [0.1, 0.15) is 44.1 Å². The molecule has 0 atom stereocenters. The molecule has 0 unspecified atom stereocenters. The van der Waals surface area contributed by atoms with E-state index in [1.165, 1.54) is 65.7 Å². The number of hydrogen-bond acceptors (Lipinski definition) is 1. The van der Waals surface area contributed by atoms with Crippen LogP contribution in [0.2, 0.25) is 0 Å². The first-order valence-electron chi connectivity index (χ1n) is 16.1. The van der Waals surface area contributed by atoms with Gasteiger partial charge in [-0.2, -0.15) is 0 Å². The van der Waals surface area contributed by atoms with Crippen LogP contribution in [0.5, 0.6) is 0 Å². The van der Waals surface area contributed by atoms with Gasteiger partial charge in [-0.1, -0.05) is 106 Å². The number of fused-ring (bicyclic) bond motifs is 10. The summed E-state index contributed by atoms with van der Waals surface area (Å²) in [6.07, 6.45) is 2.01. The van der Waals surface area contributed by atoms with Crippen molar-refractivity contribution in [1.29, 1.82) is 0 Å². The zero-order valence-electron chi connectivity index (χ0n) is 25.9. The fourth-order valence-corrected chi connectivity index (χ4v) is 7.99. The SMILES string of the molecule is CCCc1nc2ccccc2n1-c1cccc(-c2ccc3cc4c(cc3c2)C(C)(C)c2c-4c3ccccc3c3ccccc23)c1. The van der Waals surface area contributed by atoms with Crippen LogP contribution in [0, 0.1) is 0 Å². The third-order valence-electron chi connectivity index (χ3n) is 10.0. The van der Waals surface area contributed by atoms with Crippen molar-refractivity contribution in [2.45, 2.75) is 39.0 Å². The highest BCUT2D eigenvalue weighted by atomic mass is 15.1. The molecular weight excluding hydrogens is 544 g/mol. The van der Waals surface area contributed by atoms with Gasteiger partial charge >= 0.3 is 0 Å². The van der Waals surface area contributed by atoms with E-state index >= 15 is 0 Å². The number of imidazole rings is 1. The summed E-state index contributed by atoms with van der Waals surface area (Å²) in [5.41, 5.74) is 11.3. The van der Waals surface area contributed by atoms with Gasteiger partial charge < -0.3 is 0 Å². The maximum Gasteiger partial charge on any atom is 0.114 e. The molecule has 0 fully saturated rings. The molecule has 0 aliphatic heterocycles. The third kappa shape index (κ3) is 3.78. The zero-order valence-corrected chi connectivity index (χ0v) is 25.9. The Morgan fingerprint density at radius 2 is 1.33 bits per heavy atom. The minimum Gasteiger partial charge on any atom is -0.296 e. The van der Waals surface area contributed by atoms with Crippen molar-refractivity contribution in [1.82, 2.24) is 9.55 Å². The lowest BCUT2D eigenvalue weighted by Crippen LogP contribution is -2.15. The molecule has 0 amide bonds. The predicted molar refractivity (Wildman–Crippen MR) is 191 cm³/mol. The van der Waals surface area contributed by atoms with E-state index in [0.717, 1.165) is 35.4 Å². The highest BCUT2D eigenvalue weighted by Gasteiger charge is 2.38. The van der Waals surface area contributed by atoms with Gasteiger partial charge in [-0.3, -0.25) is 4.57 Å². The second kappa shape index (κ2) is 9.64. The van der Waals surface area contributed by atoms with E-state index in [1.807, 2.05) is 0 Å². The standard InChI is InChI=1S/C43H34N2/c1-4-12-40-44-38-19-9-10-20-39(38)45(40)31-14-11-13-27(24-31)28-21-22-29-25-36-37(26-30(29)23-28)43(2,3)42-35-18-8-6-16-33(35)32-15-5-7-17-34(32)41(36)42/h5-11,13-26H,4,12H2,1-3H3. The molecule has 0 bridgehead atoms. The number of benzene rings is 7. The lowest BCUT2D eigenvalue weighted by Gasteiger charge is -2.24. The van der Waals surface area contributed by atoms with Gasteiger partial charge in [0.05, 0.1) is 11.0 Å². The lowest BCUT2D eigenvalue weighted by atomic mass is 9.79. The van der Waals surface area contributed by atoms with Crippen LogP contribution in [0.15, 0.2) is 127 Å². The molecular formula is C43H34N2. The quantitative estimate of drug-likeness (QED) is 0.190. The number of para-hydroxylation sites is 2. The van der Waals surface area contributed by atoms with E-state index in [2.05, 4.69) is 153 Å². The molecule has 216 valence electrons. The second-order valence-corrected chi connectivity index (χ2v) is 13.1. The normalized spacial score (nSPS) is 13.6. The Kier molecular flexibility index (Phi) is 5.62. The van der Waals surface area contributed by atoms with Gasteiger partial charge in [-0.25, -0.2) is 4.98 Å². The largest absolute Gasteiger partial charge is 0.296 e. The van der Waals surface area contributed by atoms with E-state index in [1.54, 1.807) is 0 Å². The number of aryl methyl sites for hydroxylation is 1. The summed E-state index contributed by atoms with van der Waals surface area (Å²) in [5.74, 6) is 1.12. The molecule has 2 heteroatoms. The van der Waals surface area contributed by atoms with Crippen LogP contribution in [0.25, 0.3) is 71.3 Å². The first-order chi connectivity index (χ1) is 22.0. The summed E-state index contributed by atoms with van der Waals surface area (Å²) >= 11 is 0. The summed E-state index contributed by atoms with van der Waals surface area (Å²) in [4.78, 5) is 4.99. The Hall–Kier alpha value is -5.21. The monoisotopic (exact) mass is 578 g/mol. The molecule has 0 N–H and O–H groups in total. The molecule has 1 aliphatic carbocycles. The number of rotatable bonds is 4. The van der Waals surface area contributed by atoms with Crippen LogP contribution >= 0.6 is 0 Å². The summed E-state index contributed by atoms with van der Waals surface area (Å²) in [7, 11) is 0. The average molecular weight is 579 g/mol. The first kappa shape index (κ1) is 26.2. The molecule has 0 saturated heterocycles. The molecule has 1 aromatic heterocycles. The molecule has 0 spiro atoms. The van der Waals surface area contributed by atoms with Crippen molar-refractivity contribution in [3.63, 3.8) is 0 Å². The van der Waals surface area contributed by atoms with Gasteiger partial charge in [0.15, 0.2) is 0 Å².